The van der Waals surface area contributed by atoms with Crippen molar-refractivity contribution in [2.24, 2.45) is 5.92 Å². The number of piperidine rings is 1. The molecule has 2 rings (SSSR count). The van der Waals surface area contributed by atoms with Crippen LogP contribution < -0.4 is 5.32 Å². The smallest absolute Gasteiger partial charge is 0.0107 e. The second-order valence-corrected chi connectivity index (χ2v) is 5.99. The van der Waals surface area contributed by atoms with E-state index in [9.17, 15) is 0 Å². The van der Waals surface area contributed by atoms with Crippen LogP contribution in [0, 0.1) is 5.92 Å². The maximum atomic E-state index is 3.79. The van der Waals surface area contributed by atoms with Crippen LogP contribution in [0.5, 0.6) is 0 Å². The molecule has 100 valence electrons. The van der Waals surface area contributed by atoms with Crippen LogP contribution in [0.15, 0.2) is 0 Å². The fourth-order valence-electron chi connectivity index (χ4n) is 3.46. The maximum absolute atomic E-state index is 3.79. The van der Waals surface area contributed by atoms with E-state index < -0.39 is 0 Å². The monoisotopic (exact) mass is 238 g/mol. The molecule has 0 radical (unpaired) electrons. The Balaban J connectivity index is 1.57. The van der Waals surface area contributed by atoms with Crippen molar-refractivity contribution in [2.45, 2.75) is 64.3 Å². The molecule has 0 aromatic carbocycles. The molecule has 1 N–H and O–H groups in total. The molecule has 17 heavy (non-hydrogen) atoms. The fourth-order valence-corrected chi connectivity index (χ4v) is 3.46. The lowest BCUT2D eigenvalue weighted by atomic mass is 9.84. The summed E-state index contributed by atoms with van der Waals surface area (Å²) in [5.74, 6) is 0.997. The van der Waals surface area contributed by atoms with Crippen molar-refractivity contribution in [3.8, 4) is 0 Å². The molecule has 1 aliphatic heterocycles. The van der Waals surface area contributed by atoms with Crippen LogP contribution in [0.3, 0.4) is 0 Å². The lowest BCUT2D eigenvalue weighted by molar-refractivity contribution is 0.216. The first-order valence-corrected chi connectivity index (χ1v) is 7.84. The Morgan fingerprint density at radius 1 is 1.06 bits per heavy atom. The Bertz CT molecular complexity index is 199. The van der Waals surface area contributed by atoms with Gasteiger partial charge in [0.05, 0.1) is 0 Å². The minimum absolute atomic E-state index is 0.818. The van der Waals surface area contributed by atoms with E-state index in [-0.39, 0.29) is 0 Å². The molecule has 0 spiro atoms. The van der Waals surface area contributed by atoms with Crippen LogP contribution in [0.1, 0.15) is 58.3 Å². The SMILES string of the molecule is CCC1CCCC(NCCN2CCCCC2)C1. The predicted molar refractivity (Wildman–Crippen MR) is 74.3 cm³/mol. The van der Waals surface area contributed by atoms with Gasteiger partial charge in [0, 0.05) is 19.1 Å². The van der Waals surface area contributed by atoms with Gasteiger partial charge in [0.1, 0.15) is 0 Å². The number of nitrogens with one attached hydrogen (secondary N) is 1. The largest absolute Gasteiger partial charge is 0.313 e. The Morgan fingerprint density at radius 2 is 1.88 bits per heavy atom. The lowest BCUT2D eigenvalue weighted by Crippen LogP contribution is -2.41. The summed E-state index contributed by atoms with van der Waals surface area (Å²) >= 11 is 0. The zero-order valence-electron chi connectivity index (χ0n) is 11.6. The maximum Gasteiger partial charge on any atom is 0.0107 e. The number of hydrogen-bond donors (Lipinski definition) is 1. The van der Waals surface area contributed by atoms with Crippen molar-refractivity contribution in [3.63, 3.8) is 0 Å². The Labute approximate surface area is 107 Å². The summed E-state index contributed by atoms with van der Waals surface area (Å²) < 4.78 is 0. The lowest BCUT2D eigenvalue weighted by Gasteiger charge is -2.31. The molecule has 1 aliphatic carbocycles. The van der Waals surface area contributed by atoms with Crippen LogP contribution in [0.2, 0.25) is 0 Å². The Morgan fingerprint density at radius 3 is 2.65 bits per heavy atom. The van der Waals surface area contributed by atoms with E-state index in [1.54, 1.807) is 0 Å². The number of hydrogen-bond acceptors (Lipinski definition) is 2. The summed E-state index contributed by atoms with van der Waals surface area (Å²) in [6.45, 7) is 7.50. The van der Waals surface area contributed by atoms with Crippen LogP contribution in [0.25, 0.3) is 0 Å². The second kappa shape index (κ2) is 7.38. The topological polar surface area (TPSA) is 15.3 Å². The van der Waals surface area contributed by atoms with Crippen molar-refractivity contribution in [2.75, 3.05) is 26.2 Å². The molecule has 0 aromatic heterocycles. The molecular weight excluding hydrogens is 208 g/mol. The molecule has 0 aromatic rings. The van der Waals surface area contributed by atoms with Crippen molar-refractivity contribution in [3.05, 3.63) is 0 Å². The summed E-state index contributed by atoms with van der Waals surface area (Å²) in [4.78, 5) is 2.64. The van der Waals surface area contributed by atoms with Gasteiger partial charge in [-0.15, -0.1) is 0 Å². The molecule has 0 bridgehead atoms. The van der Waals surface area contributed by atoms with Gasteiger partial charge < -0.3 is 10.2 Å². The minimum atomic E-state index is 0.818. The summed E-state index contributed by atoms with van der Waals surface area (Å²) in [5, 5.41) is 3.79. The van der Waals surface area contributed by atoms with Gasteiger partial charge in [0.15, 0.2) is 0 Å². The highest BCUT2D eigenvalue weighted by atomic mass is 15.1. The van der Waals surface area contributed by atoms with Gasteiger partial charge in [0.25, 0.3) is 0 Å². The molecule has 2 heteroatoms. The third kappa shape index (κ3) is 4.59. The summed E-state index contributed by atoms with van der Waals surface area (Å²) in [5.41, 5.74) is 0. The first kappa shape index (κ1) is 13.4. The van der Waals surface area contributed by atoms with Crippen molar-refractivity contribution in [1.29, 1.82) is 0 Å². The molecule has 1 saturated heterocycles. The number of nitrogens with zero attached hydrogens (tertiary/aromatic N) is 1. The highest BCUT2D eigenvalue weighted by molar-refractivity contribution is 4.78. The molecule has 2 fully saturated rings. The number of rotatable bonds is 5. The van der Waals surface area contributed by atoms with Gasteiger partial charge in [-0.1, -0.05) is 32.6 Å². The second-order valence-electron chi connectivity index (χ2n) is 5.99. The summed E-state index contributed by atoms with van der Waals surface area (Å²) in [6.07, 6.45) is 11.4. The van der Waals surface area contributed by atoms with E-state index in [0.29, 0.717) is 0 Å². The van der Waals surface area contributed by atoms with E-state index in [1.165, 1.54) is 77.5 Å². The van der Waals surface area contributed by atoms with Gasteiger partial charge in [-0.25, -0.2) is 0 Å². The predicted octanol–water partition coefficient (Wildman–Crippen LogP) is 3.03. The minimum Gasteiger partial charge on any atom is -0.313 e. The summed E-state index contributed by atoms with van der Waals surface area (Å²) in [6, 6.07) is 0.818. The zero-order valence-corrected chi connectivity index (χ0v) is 11.6. The molecular formula is C15H30N2. The van der Waals surface area contributed by atoms with Crippen LogP contribution in [-0.2, 0) is 0 Å². The van der Waals surface area contributed by atoms with Crippen molar-refractivity contribution < 1.29 is 0 Å². The molecule has 2 nitrogen and oxygen atoms in total. The summed E-state index contributed by atoms with van der Waals surface area (Å²) in [7, 11) is 0. The molecule has 1 saturated carbocycles. The normalized spacial score (nSPS) is 31.6. The Hall–Kier alpha value is -0.0800. The average molecular weight is 238 g/mol. The average Bonchev–Trinajstić information content (AvgIpc) is 2.40. The van der Waals surface area contributed by atoms with E-state index >= 15 is 0 Å². The van der Waals surface area contributed by atoms with Crippen LogP contribution in [-0.4, -0.2) is 37.1 Å². The molecule has 2 aliphatic rings. The van der Waals surface area contributed by atoms with E-state index in [1.807, 2.05) is 0 Å². The van der Waals surface area contributed by atoms with Crippen molar-refractivity contribution in [1.82, 2.24) is 10.2 Å². The van der Waals surface area contributed by atoms with Gasteiger partial charge in [0.2, 0.25) is 0 Å². The standard InChI is InChI=1S/C15H30N2/c1-2-14-7-6-8-15(13-14)16-9-12-17-10-4-3-5-11-17/h14-16H,2-13H2,1H3. The fraction of sp³-hybridized carbons (Fsp3) is 1.00. The van der Waals surface area contributed by atoms with Gasteiger partial charge in [-0.2, -0.15) is 0 Å². The number of likely N-dealkylation sites (tertiary alicyclic amines) is 1. The van der Waals surface area contributed by atoms with Gasteiger partial charge in [-0.05, 0) is 44.7 Å². The first-order valence-electron chi connectivity index (χ1n) is 7.84. The highest BCUT2D eigenvalue weighted by Crippen LogP contribution is 2.26. The molecule has 2 unspecified atom stereocenters. The third-order valence-electron chi connectivity index (χ3n) is 4.67. The van der Waals surface area contributed by atoms with Crippen LogP contribution >= 0.6 is 0 Å². The van der Waals surface area contributed by atoms with Crippen molar-refractivity contribution >= 4 is 0 Å². The highest BCUT2D eigenvalue weighted by Gasteiger charge is 2.20. The molecule has 1 heterocycles. The zero-order chi connectivity index (χ0) is 11.9. The van der Waals surface area contributed by atoms with Gasteiger partial charge in [-0.3, -0.25) is 0 Å². The van der Waals surface area contributed by atoms with Crippen LogP contribution in [0.4, 0.5) is 0 Å². The Kier molecular flexibility index (Phi) is 5.79. The molecule has 2 atom stereocenters. The quantitative estimate of drug-likeness (QED) is 0.792. The third-order valence-corrected chi connectivity index (χ3v) is 4.67. The molecule has 0 amide bonds. The van der Waals surface area contributed by atoms with E-state index in [2.05, 4.69) is 17.1 Å². The van der Waals surface area contributed by atoms with E-state index in [0.717, 1.165) is 12.0 Å². The van der Waals surface area contributed by atoms with E-state index in [4.69, 9.17) is 0 Å². The first-order chi connectivity index (χ1) is 8.38. The van der Waals surface area contributed by atoms with Gasteiger partial charge >= 0.3 is 0 Å².